The Bertz CT molecular complexity index is 605. The Morgan fingerprint density at radius 3 is 2.81 bits per heavy atom. The van der Waals surface area contributed by atoms with Crippen LogP contribution in [0.2, 0.25) is 0 Å². The SMILES string of the molecule is Fc1ccc(NCc2ccn(C3CCCCC3)n2)c(I)c1. The van der Waals surface area contributed by atoms with E-state index in [4.69, 9.17) is 0 Å². The molecule has 0 aliphatic heterocycles. The lowest BCUT2D eigenvalue weighted by Crippen LogP contribution is -2.13. The zero-order chi connectivity index (χ0) is 14.7. The average molecular weight is 399 g/mol. The molecule has 1 aromatic heterocycles. The van der Waals surface area contributed by atoms with E-state index in [1.54, 1.807) is 6.07 Å². The lowest BCUT2D eigenvalue weighted by atomic mass is 9.96. The first-order chi connectivity index (χ1) is 10.2. The van der Waals surface area contributed by atoms with E-state index in [1.165, 1.54) is 44.2 Å². The second-order valence-electron chi connectivity index (χ2n) is 5.56. The zero-order valence-corrected chi connectivity index (χ0v) is 14.0. The molecule has 1 fully saturated rings. The topological polar surface area (TPSA) is 29.9 Å². The van der Waals surface area contributed by atoms with Crippen molar-refractivity contribution in [2.75, 3.05) is 5.32 Å². The smallest absolute Gasteiger partial charge is 0.124 e. The standard InChI is InChI=1S/C16H19FIN3/c17-12-6-7-16(15(18)10-12)19-11-13-8-9-21(20-13)14-4-2-1-3-5-14/h6-10,14,19H,1-5,11H2. The maximum absolute atomic E-state index is 13.1. The predicted molar refractivity (Wildman–Crippen MR) is 90.8 cm³/mol. The molecule has 0 bridgehead atoms. The molecule has 2 aromatic rings. The van der Waals surface area contributed by atoms with Crippen molar-refractivity contribution < 1.29 is 4.39 Å². The fourth-order valence-electron chi connectivity index (χ4n) is 2.84. The van der Waals surface area contributed by atoms with Crippen LogP contribution in [0.25, 0.3) is 0 Å². The molecule has 5 heteroatoms. The second-order valence-corrected chi connectivity index (χ2v) is 6.72. The average Bonchev–Trinajstić information content (AvgIpc) is 2.96. The van der Waals surface area contributed by atoms with Crippen LogP contribution >= 0.6 is 22.6 Å². The summed E-state index contributed by atoms with van der Waals surface area (Å²) in [5, 5.41) is 8.00. The molecule has 21 heavy (non-hydrogen) atoms. The van der Waals surface area contributed by atoms with Crippen molar-refractivity contribution in [3.8, 4) is 0 Å². The van der Waals surface area contributed by atoms with Crippen LogP contribution < -0.4 is 5.32 Å². The summed E-state index contributed by atoms with van der Waals surface area (Å²) in [5.74, 6) is -0.202. The van der Waals surface area contributed by atoms with E-state index in [-0.39, 0.29) is 5.82 Å². The zero-order valence-electron chi connectivity index (χ0n) is 11.9. The largest absolute Gasteiger partial charge is 0.378 e. The Morgan fingerprint density at radius 1 is 1.24 bits per heavy atom. The number of rotatable bonds is 4. The van der Waals surface area contributed by atoms with Gasteiger partial charge in [0.05, 0.1) is 18.3 Å². The summed E-state index contributed by atoms with van der Waals surface area (Å²) in [4.78, 5) is 0. The summed E-state index contributed by atoms with van der Waals surface area (Å²) in [6, 6.07) is 7.42. The van der Waals surface area contributed by atoms with E-state index in [1.807, 2.05) is 0 Å². The van der Waals surface area contributed by atoms with Gasteiger partial charge < -0.3 is 5.32 Å². The van der Waals surface area contributed by atoms with Crippen LogP contribution in [0.4, 0.5) is 10.1 Å². The Balaban J connectivity index is 1.61. The summed E-state index contributed by atoms with van der Waals surface area (Å²) in [7, 11) is 0. The third-order valence-electron chi connectivity index (χ3n) is 4.00. The third-order valence-corrected chi connectivity index (χ3v) is 4.90. The highest BCUT2D eigenvalue weighted by atomic mass is 127. The fourth-order valence-corrected chi connectivity index (χ4v) is 3.51. The molecule has 0 radical (unpaired) electrons. The molecular weight excluding hydrogens is 380 g/mol. The predicted octanol–water partition coefficient (Wildman–Crippen LogP) is 4.74. The van der Waals surface area contributed by atoms with Gasteiger partial charge in [0.1, 0.15) is 5.82 Å². The van der Waals surface area contributed by atoms with Crippen molar-refractivity contribution in [3.63, 3.8) is 0 Å². The highest BCUT2D eigenvalue weighted by Crippen LogP contribution is 2.27. The lowest BCUT2D eigenvalue weighted by Gasteiger charge is -2.21. The van der Waals surface area contributed by atoms with Crippen LogP contribution in [0.1, 0.15) is 43.8 Å². The summed E-state index contributed by atoms with van der Waals surface area (Å²) >= 11 is 2.14. The van der Waals surface area contributed by atoms with Gasteiger partial charge in [-0.2, -0.15) is 5.10 Å². The Labute approximate surface area is 138 Å². The molecule has 3 rings (SSSR count). The van der Waals surface area contributed by atoms with Gasteiger partial charge in [-0.1, -0.05) is 19.3 Å². The van der Waals surface area contributed by atoms with Crippen LogP contribution in [0.5, 0.6) is 0 Å². The van der Waals surface area contributed by atoms with Gasteiger partial charge in [-0.3, -0.25) is 4.68 Å². The van der Waals surface area contributed by atoms with E-state index in [2.05, 4.69) is 50.0 Å². The molecule has 3 nitrogen and oxygen atoms in total. The minimum atomic E-state index is -0.202. The van der Waals surface area contributed by atoms with E-state index in [0.717, 1.165) is 15.0 Å². The van der Waals surface area contributed by atoms with Gasteiger partial charge in [-0.15, -0.1) is 0 Å². The van der Waals surface area contributed by atoms with Gasteiger partial charge in [0.25, 0.3) is 0 Å². The molecule has 0 spiro atoms. The molecular formula is C16H19FIN3. The Kier molecular flexibility index (Phi) is 4.77. The molecule has 0 saturated heterocycles. The Morgan fingerprint density at radius 2 is 2.05 bits per heavy atom. The number of nitrogens with one attached hydrogen (secondary N) is 1. The Hall–Kier alpha value is -1.11. The number of halogens is 2. The van der Waals surface area contributed by atoms with E-state index in [9.17, 15) is 4.39 Å². The molecule has 1 aromatic carbocycles. The molecule has 1 saturated carbocycles. The van der Waals surface area contributed by atoms with Gasteiger partial charge in [-0.05, 0) is 59.7 Å². The monoisotopic (exact) mass is 399 g/mol. The van der Waals surface area contributed by atoms with Crippen molar-refractivity contribution in [1.82, 2.24) is 9.78 Å². The summed E-state index contributed by atoms with van der Waals surface area (Å²) in [6.45, 7) is 0.668. The van der Waals surface area contributed by atoms with E-state index < -0.39 is 0 Å². The molecule has 0 atom stereocenters. The molecule has 1 aliphatic rings. The minimum Gasteiger partial charge on any atom is -0.378 e. The van der Waals surface area contributed by atoms with Crippen LogP contribution in [0.15, 0.2) is 30.5 Å². The molecule has 1 aliphatic carbocycles. The second kappa shape index (κ2) is 6.77. The van der Waals surface area contributed by atoms with Crippen molar-refractivity contribution in [2.45, 2.75) is 44.7 Å². The van der Waals surface area contributed by atoms with E-state index in [0.29, 0.717) is 12.6 Å². The number of hydrogen-bond acceptors (Lipinski definition) is 2. The van der Waals surface area contributed by atoms with Gasteiger partial charge in [0, 0.05) is 15.5 Å². The maximum atomic E-state index is 13.1. The van der Waals surface area contributed by atoms with Crippen molar-refractivity contribution in [2.24, 2.45) is 0 Å². The molecule has 0 unspecified atom stereocenters. The van der Waals surface area contributed by atoms with Crippen LogP contribution in [-0.2, 0) is 6.54 Å². The number of nitrogens with zero attached hydrogens (tertiary/aromatic N) is 2. The van der Waals surface area contributed by atoms with Gasteiger partial charge >= 0.3 is 0 Å². The van der Waals surface area contributed by atoms with Crippen LogP contribution in [0, 0.1) is 9.39 Å². The quantitative estimate of drug-likeness (QED) is 0.753. The number of benzene rings is 1. The summed E-state index contributed by atoms with van der Waals surface area (Å²) < 4.78 is 16.1. The summed E-state index contributed by atoms with van der Waals surface area (Å²) in [6.07, 6.45) is 8.55. The molecule has 0 amide bonds. The van der Waals surface area contributed by atoms with Gasteiger partial charge in [0.15, 0.2) is 0 Å². The van der Waals surface area contributed by atoms with Gasteiger partial charge in [-0.25, -0.2) is 4.39 Å². The first-order valence-electron chi connectivity index (χ1n) is 7.45. The first-order valence-corrected chi connectivity index (χ1v) is 8.53. The summed E-state index contributed by atoms with van der Waals surface area (Å²) in [5.41, 5.74) is 1.98. The molecule has 112 valence electrons. The minimum absolute atomic E-state index is 0.202. The maximum Gasteiger partial charge on any atom is 0.124 e. The normalized spacial score (nSPS) is 16.1. The van der Waals surface area contributed by atoms with E-state index >= 15 is 0 Å². The van der Waals surface area contributed by atoms with Crippen molar-refractivity contribution >= 4 is 28.3 Å². The first kappa shape index (κ1) is 14.8. The van der Waals surface area contributed by atoms with Crippen LogP contribution in [0.3, 0.4) is 0 Å². The number of aromatic nitrogens is 2. The van der Waals surface area contributed by atoms with Crippen LogP contribution in [-0.4, -0.2) is 9.78 Å². The third kappa shape index (κ3) is 3.75. The van der Waals surface area contributed by atoms with Gasteiger partial charge in [0.2, 0.25) is 0 Å². The lowest BCUT2D eigenvalue weighted by molar-refractivity contribution is 0.328. The highest BCUT2D eigenvalue weighted by Gasteiger charge is 2.15. The highest BCUT2D eigenvalue weighted by molar-refractivity contribution is 14.1. The molecule has 1 heterocycles. The number of anilines is 1. The number of hydrogen-bond donors (Lipinski definition) is 1. The van der Waals surface area contributed by atoms with Crippen molar-refractivity contribution in [3.05, 3.63) is 45.5 Å². The fraction of sp³-hybridized carbons (Fsp3) is 0.438. The van der Waals surface area contributed by atoms with Crippen molar-refractivity contribution in [1.29, 1.82) is 0 Å². The molecule has 1 N–H and O–H groups in total.